The van der Waals surface area contributed by atoms with E-state index in [1.807, 2.05) is 19.9 Å². The molecule has 2 rings (SSSR count). The molecular weight excluding hydrogens is 205 g/mol. The van der Waals surface area contributed by atoms with E-state index in [0.29, 0.717) is 11.3 Å². The number of aryl methyl sites for hydroxylation is 1. The zero-order valence-corrected chi connectivity index (χ0v) is 9.03. The third kappa shape index (κ3) is 1.57. The smallest absolute Gasteiger partial charge is 0.124 e. The average Bonchev–Trinajstić information content (AvgIpc) is 2.60. The molecule has 0 radical (unpaired) electrons. The lowest BCUT2D eigenvalue weighted by atomic mass is 10.2. The maximum absolute atomic E-state index is 13.0. The molecule has 0 spiro atoms. The highest BCUT2D eigenvalue weighted by molar-refractivity contribution is 5.50. The number of benzene rings is 1. The first-order chi connectivity index (χ1) is 7.63. The molecule has 0 aliphatic heterocycles. The summed E-state index contributed by atoms with van der Waals surface area (Å²) in [6, 6.07) is 6.13. The van der Waals surface area contributed by atoms with Gasteiger partial charge in [0.15, 0.2) is 0 Å². The van der Waals surface area contributed by atoms with Crippen LogP contribution in [0.2, 0.25) is 0 Å². The molecule has 0 aliphatic carbocycles. The fraction of sp³-hybridized carbons (Fsp3) is 0.167. The number of hydrogen-bond acceptors (Lipinski definition) is 2. The Hall–Kier alpha value is -2.15. The number of halogens is 1. The van der Waals surface area contributed by atoms with E-state index >= 15 is 0 Å². The Labute approximate surface area is 92.8 Å². The Balaban J connectivity index is 2.65. The average molecular weight is 215 g/mol. The van der Waals surface area contributed by atoms with Crippen molar-refractivity contribution in [2.75, 3.05) is 0 Å². The molecule has 1 aromatic carbocycles. The summed E-state index contributed by atoms with van der Waals surface area (Å²) in [5.74, 6) is -0.408. The third-order valence-electron chi connectivity index (χ3n) is 2.59. The first kappa shape index (κ1) is 10.4. The molecular formula is C12H10FN3. The SMILES string of the molecule is Cc1ncn(-c2ccc(F)cc2C#N)c1C. The number of aromatic nitrogens is 2. The van der Waals surface area contributed by atoms with Crippen molar-refractivity contribution in [1.29, 1.82) is 5.26 Å². The van der Waals surface area contributed by atoms with Gasteiger partial charge in [0.05, 0.1) is 23.3 Å². The van der Waals surface area contributed by atoms with Gasteiger partial charge in [-0.25, -0.2) is 9.37 Å². The van der Waals surface area contributed by atoms with Crippen molar-refractivity contribution >= 4 is 0 Å². The van der Waals surface area contributed by atoms with Crippen LogP contribution in [0.15, 0.2) is 24.5 Å². The van der Waals surface area contributed by atoms with E-state index in [-0.39, 0.29) is 0 Å². The summed E-state index contributed by atoms with van der Waals surface area (Å²) in [5, 5.41) is 8.95. The summed E-state index contributed by atoms with van der Waals surface area (Å²) in [6.45, 7) is 3.80. The summed E-state index contributed by atoms with van der Waals surface area (Å²) in [6.07, 6.45) is 1.64. The third-order valence-corrected chi connectivity index (χ3v) is 2.59. The molecule has 1 aromatic heterocycles. The molecule has 0 fully saturated rings. The zero-order chi connectivity index (χ0) is 11.7. The molecule has 0 bridgehead atoms. The van der Waals surface area contributed by atoms with Crippen LogP contribution in [0.5, 0.6) is 0 Å². The molecule has 0 amide bonds. The normalized spacial score (nSPS) is 10.1. The van der Waals surface area contributed by atoms with E-state index < -0.39 is 5.82 Å². The highest BCUT2D eigenvalue weighted by atomic mass is 19.1. The van der Waals surface area contributed by atoms with Crippen LogP contribution in [-0.2, 0) is 0 Å². The maximum atomic E-state index is 13.0. The van der Waals surface area contributed by atoms with Crippen molar-refractivity contribution in [3.63, 3.8) is 0 Å². The summed E-state index contributed by atoms with van der Waals surface area (Å²) in [5.41, 5.74) is 2.80. The van der Waals surface area contributed by atoms with Gasteiger partial charge in [-0.1, -0.05) is 0 Å². The Bertz CT molecular complexity index is 578. The number of hydrogen-bond donors (Lipinski definition) is 0. The molecule has 0 aliphatic rings. The van der Waals surface area contributed by atoms with Crippen molar-refractivity contribution < 1.29 is 4.39 Å². The lowest BCUT2D eigenvalue weighted by molar-refractivity contribution is 0.626. The number of nitrogens with zero attached hydrogens (tertiary/aromatic N) is 3. The van der Waals surface area contributed by atoms with Gasteiger partial charge in [-0.3, -0.25) is 0 Å². The predicted molar refractivity (Wildman–Crippen MR) is 57.7 cm³/mol. The highest BCUT2D eigenvalue weighted by Crippen LogP contribution is 2.18. The van der Waals surface area contributed by atoms with Gasteiger partial charge in [0, 0.05) is 5.69 Å². The van der Waals surface area contributed by atoms with Crippen molar-refractivity contribution in [2.24, 2.45) is 0 Å². The van der Waals surface area contributed by atoms with Gasteiger partial charge in [-0.15, -0.1) is 0 Å². The molecule has 0 saturated heterocycles. The van der Waals surface area contributed by atoms with Crippen molar-refractivity contribution in [3.8, 4) is 11.8 Å². The minimum atomic E-state index is -0.408. The minimum Gasteiger partial charge on any atom is -0.302 e. The molecule has 0 saturated carbocycles. The van der Waals surface area contributed by atoms with Gasteiger partial charge in [-0.05, 0) is 32.0 Å². The number of nitriles is 1. The van der Waals surface area contributed by atoms with Crippen LogP contribution in [0.1, 0.15) is 17.0 Å². The molecule has 80 valence electrons. The lowest BCUT2D eigenvalue weighted by Crippen LogP contribution is -1.99. The predicted octanol–water partition coefficient (Wildman–Crippen LogP) is 2.50. The quantitative estimate of drug-likeness (QED) is 0.733. The molecule has 0 N–H and O–H groups in total. The second-order valence-corrected chi connectivity index (χ2v) is 3.56. The van der Waals surface area contributed by atoms with Gasteiger partial charge in [-0.2, -0.15) is 5.26 Å². The van der Waals surface area contributed by atoms with Crippen molar-refractivity contribution in [1.82, 2.24) is 9.55 Å². The number of imidazole rings is 1. The largest absolute Gasteiger partial charge is 0.302 e. The second-order valence-electron chi connectivity index (χ2n) is 3.56. The number of rotatable bonds is 1. The highest BCUT2D eigenvalue weighted by Gasteiger charge is 2.09. The summed E-state index contributed by atoms with van der Waals surface area (Å²) >= 11 is 0. The summed E-state index contributed by atoms with van der Waals surface area (Å²) < 4.78 is 14.8. The van der Waals surface area contributed by atoms with Crippen LogP contribution in [0.4, 0.5) is 4.39 Å². The standard InChI is InChI=1S/C12H10FN3/c1-8-9(2)16(7-15-8)12-4-3-11(13)5-10(12)6-14/h3-5,7H,1-2H3. The van der Waals surface area contributed by atoms with E-state index in [1.54, 1.807) is 17.0 Å². The minimum absolute atomic E-state index is 0.306. The van der Waals surface area contributed by atoms with Crippen LogP contribution in [0.3, 0.4) is 0 Å². The fourth-order valence-corrected chi connectivity index (χ4v) is 1.55. The molecule has 1 heterocycles. The van der Waals surface area contributed by atoms with Gasteiger partial charge in [0.25, 0.3) is 0 Å². The van der Waals surface area contributed by atoms with Gasteiger partial charge >= 0.3 is 0 Å². The first-order valence-corrected chi connectivity index (χ1v) is 4.84. The summed E-state index contributed by atoms with van der Waals surface area (Å²) in [4.78, 5) is 4.15. The monoisotopic (exact) mass is 215 g/mol. The van der Waals surface area contributed by atoms with Gasteiger partial charge < -0.3 is 4.57 Å². The van der Waals surface area contributed by atoms with Crippen LogP contribution in [0.25, 0.3) is 5.69 Å². The Morgan fingerprint density at radius 1 is 1.38 bits per heavy atom. The van der Waals surface area contributed by atoms with E-state index in [4.69, 9.17) is 5.26 Å². The Kier molecular flexibility index (Phi) is 2.45. The van der Waals surface area contributed by atoms with Crippen molar-refractivity contribution in [3.05, 3.63) is 47.3 Å². The van der Waals surface area contributed by atoms with Gasteiger partial charge in [0.2, 0.25) is 0 Å². The Morgan fingerprint density at radius 3 is 2.69 bits per heavy atom. The van der Waals surface area contributed by atoms with Crippen LogP contribution in [0, 0.1) is 31.0 Å². The summed E-state index contributed by atoms with van der Waals surface area (Å²) in [7, 11) is 0. The fourth-order valence-electron chi connectivity index (χ4n) is 1.55. The molecule has 0 unspecified atom stereocenters. The Morgan fingerprint density at radius 2 is 2.12 bits per heavy atom. The van der Waals surface area contributed by atoms with E-state index in [1.165, 1.54) is 12.1 Å². The van der Waals surface area contributed by atoms with Crippen LogP contribution < -0.4 is 0 Å². The maximum Gasteiger partial charge on any atom is 0.124 e. The molecule has 0 atom stereocenters. The second kappa shape index (κ2) is 3.78. The first-order valence-electron chi connectivity index (χ1n) is 4.84. The zero-order valence-electron chi connectivity index (χ0n) is 9.03. The molecule has 2 aromatic rings. The van der Waals surface area contributed by atoms with Gasteiger partial charge in [0.1, 0.15) is 11.9 Å². The lowest BCUT2D eigenvalue weighted by Gasteiger charge is -2.07. The van der Waals surface area contributed by atoms with Crippen LogP contribution in [-0.4, -0.2) is 9.55 Å². The topological polar surface area (TPSA) is 41.6 Å². The van der Waals surface area contributed by atoms with Crippen molar-refractivity contribution in [2.45, 2.75) is 13.8 Å². The van der Waals surface area contributed by atoms with E-state index in [0.717, 1.165) is 11.4 Å². The van der Waals surface area contributed by atoms with E-state index in [2.05, 4.69) is 4.98 Å². The van der Waals surface area contributed by atoms with Crippen LogP contribution >= 0.6 is 0 Å². The molecule has 4 heteroatoms. The molecule has 16 heavy (non-hydrogen) atoms. The molecule has 3 nitrogen and oxygen atoms in total. The van der Waals surface area contributed by atoms with E-state index in [9.17, 15) is 4.39 Å².